The lowest BCUT2D eigenvalue weighted by Crippen LogP contribution is -2.59. The van der Waals surface area contributed by atoms with E-state index < -0.39 is 22.1 Å². The van der Waals surface area contributed by atoms with Crippen LogP contribution in [0.1, 0.15) is 30.9 Å². The maximum Gasteiger partial charge on any atom is 0.243 e. The van der Waals surface area contributed by atoms with Gasteiger partial charge in [-0.1, -0.05) is 24.3 Å². The number of aromatic nitrogens is 2. The highest BCUT2D eigenvalue weighted by molar-refractivity contribution is 7.88. The highest BCUT2D eigenvalue weighted by Crippen LogP contribution is 2.59. The molecular weight excluding hydrogens is 369 g/mol. The highest BCUT2D eigenvalue weighted by Gasteiger charge is 2.58. The van der Waals surface area contributed by atoms with E-state index in [4.69, 9.17) is 0 Å². The summed E-state index contributed by atoms with van der Waals surface area (Å²) in [5.74, 6) is 0.0749. The Morgan fingerprint density at radius 3 is 2.70 bits per heavy atom. The summed E-state index contributed by atoms with van der Waals surface area (Å²) in [5.41, 5.74) is 3.20. The first-order valence-electron chi connectivity index (χ1n) is 9.30. The Balaban J connectivity index is 1.37. The number of hydrogen-bond donors (Lipinski definition) is 1. The lowest BCUT2D eigenvalue weighted by molar-refractivity contribution is -0.152. The van der Waals surface area contributed by atoms with Gasteiger partial charge in [0.05, 0.1) is 30.4 Å². The Hall–Kier alpha value is -1.77. The van der Waals surface area contributed by atoms with Gasteiger partial charge in [-0.25, -0.2) is 17.8 Å². The number of fused-ring (bicyclic) bond motifs is 3. The highest BCUT2D eigenvalue weighted by atomic mass is 32.2. The minimum Gasteiger partial charge on any atom is -0.392 e. The van der Waals surface area contributed by atoms with Crippen molar-refractivity contribution in [3.05, 3.63) is 42.4 Å². The minimum atomic E-state index is -3.80. The number of aliphatic hydroxyl groups excluding tert-OH is 1. The smallest absolute Gasteiger partial charge is 0.243 e. The number of hydrogen-bond acceptors (Lipinski definition) is 4. The van der Waals surface area contributed by atoms with Crippen molar-refractivity contribution in [3.8, 4) is 11.3 Å². The zero-order valence-electron chi connectivity index (χ0n) is 14.8. The van der Waals surface area contributed by atoms with Crippen LogP contribution in [0.4, 0.5) is 4.39 Å². The van der Waals surface area contributed by atoms with Crippen LogP contribution >= 0.6 is 0 Å². The van der Waals surface area contributed by atoms with Crippen molar-refractivity contribution in [2.45, 2.75) is 31.4 Å². The molecule has 1 spiro atoms. The normalized spacial score (nSPS) is 29.3. The van der Waals surface area contributed by atoms with Gasteiger partial charge in [0.15, 0.2) is 0 Å². The van der Waals surface area contributed by atoms with Gasteiger partial charge in [-0.15, -0.1) is 0 Å². The standard InChI is InChI=1S/C19H22FN3O3S/c20-11-27(25,26)22-7-5-19(6-8-22)9-15(18(19)24)17-14-4-2-1-3-13(14)16-10-21-12-23(16)17/h1-4,10,12,15,17-18,24H,5-9,11H2. The van der Waals surface area contributed by atoms with E-state index in [1.165, 1.54) is 9.87 Å². The quantitative estimate of drug-likeness (QED) is 0.870. The molecule has 3 heterocycles. The van der Waals surface area contributed by atoms with Crippen LogP contribution in [-0.2, 0) is 10.0 Å². The van der Waals surface area contributed by atoms with Crippen molar-refractivity contribution in [2.24, 2.45) is 11.3 Å². The van der Waals surface area contributed by atoms with E-state index in [9.17, 15) is 17.9 Å². The number of sulfonamides is 1. The minimum absolute atomic E-state index is 0.0620. The van der Waals surface area contributed by atoms with Gasteiger partial charge < -0.3 is 9.67 Å². The van der Waals surface area contributed by atoms with E-state index in [1.807, 2.05) is 24.7 Å². The third-order valence-corrected chi connectivity index (χ3v) is 8.28. The van der Waals surface area contributed by atoms with Gasteiger partial charge in [0, 0.05) is 24.6 Å². The molecule has 1 saturated carbocycles. The number of halogens is 1. The molecule has 1 aliphatic carbocycles. The lowest BCUT2D eigenvalue weighted by atomic mass is 9.53. The van der Waals surface area contributed by atoms with Crippen LogP contribution in [0.2, 0.25) is 0 Å². The third-order valence-electron chi connectivity index (χ3n) is 6.85. The van der Waals surface area contributed by atoms with Crippen LogP contribution in [0.15, 0.2) is 36.8 Å². The molecule has 6 nitrogen and oxygen atoms in total. The molecule has 144 valence electrons. The first-order chi connectivity index (χ1) is 13.0. The van der Waals surface area contributed by atoms with Gasteiger partial charge in [-0.2, -0.15) is 4.31 Å². The number of rotatable bonds is 3. The summed E-state index contributed by atoms with van der Waals surface area (Å²) in [6.45, 7) is 0.571. The fraction of sp³-hybridized carbons (Fsp3) is 0.526. The Bertz CT molecular complexity index is 982. The third kappa shape index (κ3) is 2.36. The SMILES string of the molecule is O=S(=O)(CF)N1CCC2(CC1)CC(C1c3ccccc3-c3cncn31)C2O. The maximum atomic E-state index is 12.8. The fourth-order valence-electron chi connectivity index (χ4n) is 5.37. The van der Waals surface area contributed by atoms with E-state index in [-0.39, 0.29) is 30.5 Å². The number of piperidine rings is 1. The zero-order valence-corrected chi connectivity index (χ0v) is 15.6. The average Bonchev–Trinajstić information content (AvgIpc) is 3.27. The second-order valence-corrected chi connectivity index (χ2v) is 9.91. The number of benzene rings is 1. The Labute approximate surface area is 157 Å². The fourth-order valence-corrected chi connectivity index (χ4v) is 6.25. The Morgan fingerprint density at radius 1 is 1.26 bits per heavy atom. The van der Waals surface area contributed by atoms with Crippen molar-refractivity contribution in [2.75, 3.05) is 19.1 Å². The largest absolute Gasteiger partial charge is 0.392 e. The van der Waals surface area contributed by atoms with Gasteiger partial charge in [0.1, 0.15) is 0 Å². The van der Waals surface area contributed by atoms with Crippen LogP contribution in [-0.4, -0.2) is 52.6 Å². The number of alkyl halides is 1. The summed E-state index contributed by atoms with van der Waals surface area (Å²) in [4.78, 5) is 4.28. The molecule has 27 heavy (non-hydrogen) atoms. The molecule has 1 N–H and O–H groups in total. The van der Waals surface area contributed by atoms with Gasteiger partial charge in [-0.3, -0.25) is 0 Å². The Morgan fingerprint density at radius 2 is 2.00 bits per heavy atom. The number of imidazole rings is 1. The van der Waals surface area contributed by atoms with Crippen molar-refractivity contribution in [1.29, 1.82) is 0 Å². The predicted molar refractivity (Wildman–Crippen MR) is 98.1 cm³/mol. The molecule has 0 amide bonds. The second kappa shape index (κ2) is 5.86. The van der Waals surface area contributed by atoms with Crippen LogP contribution in [0.3, 0.4) is 0 Å². The van der Waals surface area contributed by atoms with Crippen LogP contribution in [0, 0.1) is 11.3 Å². The molecule has 1 aromatic carbocycles. The van der Waals surface area contributed by atoms with E-state index in [2.05, 4.69) is 21.7 Å². The molecule has 3 unspecified atom stereocenters. The summed E-state index contributed by atoms with van der Waals surface area (Å²) < 4.78 is 39.6. The predicted octanol–water partition coefficient (Wildman–Crippen LogP) is 2.17. The second-order valence-electron chi connectivity index (χ2n) is 8.01. The van der Waals surface area contributed by atoms with Gasteiger partial charge >= 0.3 is 0 Å². The summed E-state index contributed by atoms with van der Waals surface area (Å²) >= 11 is 0. The van der Waals surface area contributed by atoms with Crippen molar-refractivity contribution in [3.63, 3.8) is 0 Å². The summed E-state index contributed by atoms with van der Waals surface area (Å²) in [6, 6.07) is 6.94. The van der Waals surface area contributed by atoms with Crippen molar-refractivity contribution < 1.29 is 17.9 Å². The monoisotopic (exact) mass is 391 g/mol. The molecular formula is C19H22FN3O3S. The molecule has 2 fully saturated rings. The molecule has 1 aromatic heterocycles. The molecule has 3 atom stereocenters. The summed E-state index contributed by atoms with van der Waals surface area (Å²) in [7, 11) is -3.80. The lowest BCUT2D eigenvalue weighted by Gasteiger charge is -2.57. The van der Waals surface area contributed by atoms with E-state index in [0.29, 0.717) is 12.8 Å². The molecule has 3 aliphatic rings. The average molecular weight is 391 g/mol. The molecule has 5 rings (SSSR count). The molecule has 0 bridgehead atoms. The van der Waals surface area contributed by atoms with Gasteiger partial charge in [0.2, 0.25) is 16.0 Å². The number of nitrogens with zero attached hydrogens (tertiary/aromatic N) is 3. The van der Waals surface area contributed by atoms with Crippen LogP contribution in [0.25, 0.3) is 11.3 Å². The van der Waals surface area contributed by atoms with Crippen molar-refractivity contribution >= 4 is 10.0 Å². The van der Waals surface area contributed by atoms with Crippen LogP contribution in [0.5, 0.6) is 0 Å². The van der Waals surface area contributed by atoms with E-state index >= 15 is 0 Å². The maximum absolute atomic E-state index is 12.8. The van der Waals surface area contributed by atoms with Crippen molar-refractivity contribution in [1.82, 2.24) is 13.9 Å². The molecule has 1 saturated heterocycles. The first-order valence-corrected chi connectivity index (χ1v) is 10.9. The zero-order chi connectivity index (χ0) is 18.8. The molecule has 2 aromatic rings. The molecule has 2 aliphatic heterocycles. The number of aliphatic hydroxyl groups is 1. The van der Waals surface area contributed by atoms with Gasteiger partial charge in [0.25, 0.3) is 0 Å². The summed E-state index contributed by atoms with van der Waals surface area (Å²) in [6.07, 6.45) is 5.19. The summed E-state index contributed by atoms with van der Waals surface area (Å²) in [5, 5.41) is 11.1. The molecule has 0 radical (unpaired) electrons. The first kappa shape index (κ1) is 17.3. The van der Waals surface area contributed by atoms with E-state index in [0.717, 1.165) is 17.7 Å². The molecule has 8 heteroatoms. The van der Waals surface area contributed by atoms with Gasteiger partial charge in [-0.05, 0) is 30.2 Å². The van der Waals surface area contributed by atoms with Crippen LogP contribution < -0.4 is 0 Å². The van der Waals surface area contributed by atoms with E-state index in [1.54, 1.807) is 0 Å². The topological polar surface area (TPSA) is 75.4 Å². The Kier molecular flexibility index (Phi) is 3.76.